The van der Waals surface area contributed by atoms with Crippen LogP contribution in [0.4, 0.5) is 0 Å². The van der Waals surface area contributed by atoms with Gasteiger partial charge in [-0.05, 0) is 24.1 Å². The van der Waals surface area contributed by atoms with E-state index in [2.05, 4.69) is 10.0 Å². The molecule has 0 bridgehead atoms. The molecule has 4 nitrogen and oxygen atoms in total. The fourth-order valence-electron chi connectivity index (χ4n) is 1.20. The van der Waals surface area contributed by atoms with Gasteiger partial charge >= 0.3 is 0 Å². The van der Waals surface area contributed by atoms with Crippen LogP contribution in [0, 0.1) is 0 Å². The highest BCUT2D eigenvalue weighted by Crippen LogP contribution is 2.29. The van der Waals surface area contributed by atoms with Crippen LogP contribution in [0.1, 0.15) is 12.8 Å². The Morgan fingerprint density at radius 1 is 1.82 bits per heavy atom. The van der Waals surface area contributed by atoms with Crippen LogP contribution in [-0.4, -0.2) is 28.8 Å². The molecule has 62 valence electrons. The van der Waals surface area contributed by atoms with Gasteiger partial charge < -0.3 is 5.11 Å². The van der Waals surface area contributed by atoms with Gasteiger partial charge in [0.15, 0.2) is 0 Å². The number of aliphatic hydroxyl groups excluding tert-OH is 1. The van der Waals surface area contributed by atoms with Gasteiger partial charge in [-0.1, -0.05) is 5.11 Å². The van der Waals surface area contributed by atoms with Crippen molar-refractivity contribution in [2.75, 3.05) is 12.4 Å². The zero-order chi connectivity index (χ0) is 8.10. The minimum Gasteiger partial charge on any atom is -0.396 e. The summed E-state index contributed by atoms with van der Waals surface area (Å²) in [5, 5.41) is 12.7. The van der Waals surface area contributed by atoms with Gasteiger partial charge in [0.2, 0.25) is 0 Å². The number of aliphatic hydroxyl groups is 1. The summed E-state index contributed by atoms with van der Waals surface area (Å²) in [6, 6.07) is -0.215. The number of rotatable bonds is 3. The van der Waals surface area contributed by atoms with E-state index >= 15 is 0 Å². The van der Waals surface area contributed by atoms with E-state index in [1.165, 1.54) is 6.42 Å². The van der Waals surface area contributed by atoms with Gasteiger partial charge in [0.1, 0.15) is 0 Å². The molecule has 0 aliphatic carbocycles. The molecule has 0 radical (unpaired) electrons. The highest BCUT2D eigenvalue weighted by atomic mass is 32.2. The van der Waals surface area contributed by atoms with Crippen LogP contribution in [-0.2, 0) is 0 Å². The van der Waals surface area contributed by atoms with E-state index in [-0.39, 0.29) is 12.6 Å². The molecule has 5 heteroatoms. The van der Waals surface area contributed by atoms with Gasteiger partial charge in [-0.25, -0.2) is 0 Å². The lowest BCUT2D eigenvalue weighted by Crippen LogP contribution is -2.22. The van der Waals surface area contributed by atoms with Gasteiger partial charge in [-0.2, -0.15) is 11.8 Å². The molecular weight excluding hydrogens is 162 g/mol. The maximum absolute atomic E-state index is 8.84. The number of hydrogen-bond acceptors (Lipinski definition) is 3. The molecule has 1 saturated heterocycles. The normalized spacial score (nSPS) is 26.1. The van der Waals surface area contributed by atoms with Crippen LogP contribution in [0.25, 0.3) is 10.4 Å². The summed E-state index contributed by atoms with van der Waals surface area (Å²) < 4.78 is 0. The largest absolute Gasteiger partial charge is 0.396 e. The fourth-order valence-corrected chi connectivity index (χ4v) is 2.53. The molecule has 0 aromatic heterocycles. The predicted molar refractivity (Wildman–Crippen MR) is 45.5 cm³/mol. The Morgan fingerprint density at radius 3 is 3.09 bits per heavy atom. The summed E-state index contributed by atoms with van der Waals surface area (Å²) in [7, 11) is 0. The molecule has 1 heterocycles. The Hall–Kier alpha value is -0.380. The third-order valence-electron chi connectivity index (χ3n) is 1.78. The van der Waals surface area contributed by atoms with Crippen molar-refractivity contribution >= 4 is 11.8 Å². The predicted octanol–water partition coefficient (Wildman–Crippen LogP) is 1.55. The van der Waals surface area contributed by atoms with E-state index in [9.17, 15) is 0 Å². The molecule has 0 aromatic carbocycles. The van der Waals surface area contributed by atoms with Crippen LogP contribution in [0.5, 0.6) is 0 Å². The van der Waals surface area contributed by atoms with Crippen LogP contribution in [0.2, 0.25) is 0 Å². The van der Waals surface area contributed by atoms with E-state index in [0.29, 0.717) is 5.25 Å². The summed E-state index contributed by atoms with van der Waals surface area (Å²) in [5.41, 5.74) is 8.17. The van der Waals surface area contributed by atoms with Gasteiger partial charge in [-0.3, -0.25) is 0 Å². The smallest absolute Gasteiger partial charge is 0.0723 e. The molecule has 2 unspecified atom stereocenters. The van der Waals surface area contributed by atoms with E-state index in [1.807, 2.05) is 0 Å². The average molecular weight is 173 g/mol. The zero-order valence-electron chi connectivity index (χ0n) is 6.18. The molecule has 11 heavy (non-hydrogen) atoms. The third kappa shape index (κ3) is 2.29. The van der Waals surface area contributed by atoms with Crippen LogP contribution in [0.3, 0.4) is 0 Å². The summed E-state index contributed by atoms with van der Waals surface area (Å²) in [5.74, 6) is 1.13. The van der Waals surface area contributed by atoms with Crippen molar-refractivity contribution in [2.24, 2.45) is 5.11 Å². The Kier molecular flexibility index (Phi) is 3.56. The van der Waals surface area contributed by atoms with Gasteiger partial charge in [0.05, 0.1) is 12.6 Å². The van der Waals surface area contributed by atoms with Crippen molar-refractivity contribution in [1.29, 1.82) is 0 Å². The quantitative estimate of drug-likeness (QED) is 0.399. The van der Waals surface area contributed by atoms with Crippen molar-refractivity contribution in [3.63, 3.8) is 0 Å². The lowest BCUT2D eigenvalue weighted by molar-refractivity contribution is 0.262. The first-order chi connectivity index (χ1) is 5.38. The van der Waals surface area contributed by atoms with Gasteiger partial charge in [0.25, 0.3) is 0 Å². The molecule has 0 spiro atoms. The summed E-state index contributed by atoms with van der Waals surface area (Å²) >= 11 is 1.79. The van der Waals surface area contributed by atoms with Crippen molar-refractivity contribution in [3.8, 4) is 0 Å². The monoisotopic (exact) mass is 173 g/mol. The lowest BCUT2D eigenvalue weighted by atomic mass is 10.1. The second-order valence-corrected chi connectivity index (χ2v) is 3.85. The van der Waals surface area contributed by atoms with Crippen LogP contribution < -0.4 is 0 Å². The Balaban J connectivity index is 2.45. The van der Waals surface area contributed by atoms with Crippen molar-refractivity contribution in [1.82, 2.24) is 0 Å². The SMILES string of the molecule is [N-]=[N+]=NC(CO)C1CCCS1. The maximum Gasteiger partial charge on any atom is 0.0723 e. The van der Waals surface area contributed by atoms with E-state index in [0.717, 1.165) is 12.2 Å². The van der Waals surface area contributed by atoms with Crippen molar-refractivity contribution in [2.45, 2.75) is 24.1 Å². The fraction of sp³-hybridized carbons (Fsp3) is 1.00. The van der Waals surface area contributed by atoms with E-state index < -0.39 is 0 Å². The van der Waals surface area contributed by atoms with Crippen LogP contribution in [0.15, 0.2) is 5.11 Å². The molecule has 0 aromatic rings. The highest BCUT2D eigenvalue weighted by molar-refractivity contribution is 8.00. The molecule has 1 aliphatic rings. The van der Waals surface area contributed by atoms with E-state index in [1.54, 1.807) is 11.8 Å². The third-order valence-corrected chi connectivity index (χ3v) is 3.28. The highest BCUT2D eigenvalue weighted by Gasteiger charge is 2.23. The molecule has 1 fully saturated rings. The zero-order valence-corrected chi connectivity index (χ0v) is 7.00. The Labute approximate surface area is 69.6 Å². The maximum atomic E-state index is 8.84. The average Bonchev–Trinajstić information content (AvgIpc) is 2.52. The first kappa shape index (κ1) is 8.71. The Morgan fingerprint density at radius 2 is 2.64 bits per heavy atom. The van der Waals surface area contributed by atoms with Crippen LogP contribution >= 0.6 is 11.8 Å². The first-order valence-corrected chi connectivity index (χ1v) is 4.70. The number of azide groups is 1. The van der Waals surface area contributed by atoms with Gasteiger partial charge in [-0.15, -0.1) is 0 Å². The molecular formula is C6H11N3OS. The molecule has 1 rings (SSSR count). The standard InChI is InChI=1S/C6H11N3OS/c7-9-8-5(4-10)6-2-1-3-11-6/h5-6,10H,1-4H2. The molecule has 0 saturated carbocycles. The Bertz CT molecular complexity index is 163. The number of thioether (sulfide) groups is 1. The minimum atomic E-state index is -0.215. The first-order valence-electron chi connectivity index (χ1n) is 3.65. The van der Waals surface area contributed by atoms with E-state index in [4.69, 9.17) is 10.6 Å². The summed E-state index contributed by atoms with van der Waals surface area (Å²) in [6.45, 7) is -0.0261. The van der Waals surface area contributed by atoms with Crippen molar-refractivity contribution in [3.05, 3.63) is 10.4 Å². The molecule has 1 aliphatic heterocycles. The lowest BCUT2D eigenvalue weighted by Gasteiger charge is -2.13. The minimum absolute atomic E-state index is 0.0261. The second kappa shape index (κ2) is 4.49. The van der Waals surface area contributed by atoms with Crippen molar-refractivity contribution < 1.29 is 5.11 Å². The molecule has 0 amide bonds. The topological polar surface area (TPSA) is 69.0 Å². The summed E-state index contributed by atoms with van der Waals surface area (Å²) in [6.07, 6.45) is 2.24. The van der Waals surface area contributed by atoms with Gasteiger partial charge in [0, 0.05) is 10.2 Å². The number of nitrogens with zero attached hydrogens (tertiary/aromatic N) is 3. The molecule has 2 atom stereocenters. The number of hydrogen-bond donors (Lipinski definition) is 1. The summed E-state index contributed by atoms with van der Waals surface area (Å²) in [4.78, 5) is 2.70. The second-order valence-electron chi connectivity index (χ2n) is 2.51. The molecule has 1 N–H and O–H groups in total.